The monoisotopic (exact) mass is 193 g/mol. The minimum atomic E-state index is 0. The highest BCUT2D eigenvalue weighted by Gasteiger charge is 2.06. The molecule has 0 bridgehead atoms. The van der Waals surface area contributed by atoms with Crippen LogP contribution < -0.4 is 17.0 Å². The highest BCUT2D eigenvalue weighted by Crippen LogP contribution is 1.93. The fourth-order valence-electron chi connectivity index (χ4n) is 0.479. The lowest BCUT2D eigenvalue weighted by atomic mass is 10.4. The van der Waals surface area contributed by atoms with Crippen LogP contribution in [0.25, 0.3) is 0 Å². The van der Waals surface area contributed by atoms with E-state index in [4.69, 9.17) is 0 Å². The van der Waals surface area contributed by atoms with Gasteiger partial charge in [-0.15, -0.1) is 0 Å². The van der Waals surface area contributed by atoms with Crippen LogP contribution in [0.15, 0.2) is 12.7 Å². The van der Waals surface area contributed by atoms with Crippen molar-refractivity contribution in [2.75, 3.05) is 27.2 Å². The molecule has 0 unspecified atom stereocenters. The smallest absolute Gasteiger partial charge is 0.0966 e. The van der Waals surface area contributed by atoms with Crippen molar-refractivity contribution in [2.45, 2.75) is 6.92 Å². The van der Waals surface area contributed by atoms with Gasteiger partial charge in [0, 0.05) is 0 Å². The van der Waals surface area contributed by atoms with Crippen molar-refractivity contribution in [1.82, 2.24) is 0 Å². The molecule has 0 aromatic carbocycles. The normalized spacial score (nSPS) is 10.1. The lowest BCUT2D eigenvalue weighted by Gasteiger charge is -2.26. The molecule has 0 aliphatic rings. The van der Waals surface area contributed by atoms with Gasteiger partial charge in [-0.25, -0.2) is 0 Å². The summed E-state index contributed by atoms with van der Waals surface area (Å²) >= 11 is 0. The van der Waals surface area contributed by atoms with Gasteiger partial charge < -0.3 is 21.5 Å². The van der Waals surface area contributed by atoms with Gasteiger partial charge in [0.25, 0.3) is 0 Å². The Morgan fingerprint density at radius 2 is 1.89 bits per heavy atom. The summed E-state index contributed by atoms with van der Waals surface area (Å²) in [6.45, 7) is 8.10. The molecule has 1 nitrogen and oxygen atoms in total. The third-order valence-electron chi connectivity index (χ3n) is 1.48. The molecule has 2 heteroatoms. The minimum Gasteiger partial charge on any atom is -1.00 e. The van der Waals surface area contributed by atoms with Crippen LogP contribution in [-0.2, 0) is 0 Å². The summed E-state index contributed by atoms with van der Waals surface area (Å²) < 4.78 is 1.05. The highest BCUT2D eigenvalue weighted by atomic mass is 79.9. The molecule has 56 valence electrons. The van der Waals surface area contributed by atoms with Gasteiger partial charge >= 0.3 is 0 Å². The fourth-order valence-corrected chi connectivity index (χ4v) is 0.479. The molecule has 0 heterocycles. The molecule has 0 N–H and O–H groups in total. The predicted octanol–water partition coefficient (Wildman–Crippen LogP) is -1.73. The Labute approximate surface area is 68.7 Å². The zero-order valence-corrected chi connectivity index (χ0v) is 8.11. The Balaban J connectivity index is 0. The maximum Gasteiger partial charge on any atom is 0.0966 e. The van der Waals surface area contributed by atoms with E-state index < -0.39 is 0 Å². The maximum atomic E-state index is 3.68. The van der Waals surface area contributed by atoms with Crippen LogP contribution in [0.5, 0.6) is 0 Å². The van der Waals surface area contributed by atoms with Crippen molar-refractivity contribution in [3.8, 4) is 0 Å². The molecule has 0 amide bonds. The Bertz CT molecular complexity index is 79.0. The molecule has 0 radical (unpaired) electrons. The van der Waals surface area contributed by atoms with E-state index in [1.54, 1.807) is 0 Å². The molecule has 0 fully saturated rings. The summed E-state index contributed by atoms with van der Waals surface area (Å²) in [6.07, 6.45) is 1.96. The Morgan fingerprint density at radius 3 is 2.00 bits per heavy atom. The van der Waals surface area contributed by atoms with Crippen LogP contribution in [0.2, 0.25) is 0 Å². The molecule has 0 rings (SSSR count). The first-order chi connectivity index (χ1) is 3.62. The van der Waals surface area contributed by atoms with E-state index in [0.717, 1.165) is 11.0 Å². The topological polar surface area (TPSA) is 0 Å². The number of hydrogen-bond acceptors (Lipinski definition) is 0. The minimum absolute atomic E-state index is 0. The second-order valence-corrected chi connectivity index (χ2v) is 2.72. The average molecular weight is 194 g/mol. The first kappa shape index (κ1) is 11.9. The summed E-state index contributed by atoms with van der Waals surface area (Å²) in [5.74, 6) is 0. The van der Waals surface area contributed by atoms with E-state index >= 15 is 0 Å². The number of likely N-dealkylation sites (N-methyl/N-ethyl adjacent to an activating group) is 1. The van der Waals surface area contributed by atoms with Crippen molar-refractivity contribution in [1.29, 1.82) is 0 Å². The summed E-state index contributed by atoms with van der Waals surface area (Å²) in [7, 11) is 4.39. The van der Waals surface area contributed by atoms with Gasteiger partial charge in [0.05, 0.1) is 27.2 Å². The van der Waals surface area contributed by atoms with Crippen LogP contribution in [0.3, 0.4) is 0 Å². The van der Waals surface area contributed by atoms with Crippen LogP contribution in [0.1, 0.15) is 6.92 Å². The Morgan fingerprint density at radius 1 is 1.44 bits per heavy atom. The van der Waals surface area contributed by atoms with E-state index in [1.165, 1.54) is 6.54 Å². The fraction of sp³-hybridized carbons (Fsp3) is 0.714. The van der Waals surface area contributed by atoms with Gasteiger partial charge in [-0.1, -0.05) is 6.58 Å². The molecule has 0 aliphatic heterocycles. The number of hydrogen-bond donors (Lipinski definition) is 0. The van der Waals surface area contributed by atoms with Gasteiger partial charge in [0.1, 0.15) is 0 Å². The quantitative estimate of drug-likeness (QED) is 0.370. The zero-order chi connectivity index (χ0) is 6.62. The molecular formula is C7H16BrN. The largest absolute Gasteiger partial charge is 1.00 e. The van der Waals surface area contributed by atoms with Crippen LogP contribution in [-0.4, -0.2) is 31.7 Å². The number of halogens is 1. The molecule has 0 aliphatic carbocycles. The van der Waals surface area contributed by atoms with Crippen molar-refractivity contribution in [3.05, 3.63) is 12.7 Å². The second-order valence-electron chi connectivity index (χ2n) is 2.72. The lowest BCUT2D eigenvalue weighted by Crippen LogP contribution is -3.00. The number of quaternary nitrogens is 1. The van der Waals surface area contributed by atoms with Gasteiger partial charge in [-0.05, 0) is 13.0 Å². The summed E-state index contributed by atoms with van der Waals surface area (Å²) in [5, 5.41) is 0. The van der Waals surface area contributed by atoms with Crippen molar-refractivity contribution < 1.29 is 21.5 Å². The number of nitrogens with zero attached hydrogens (tertiary/aromatic N) is 1. The molecule has 0 spiro atoms. The molecule has 0 aromatic rings. The molecule has 0 saturated heterocycles. The Hall–Kier alpha value is 0.180. The summed E-state index contributed by atoms with van der Waals surface area (Å²) in [5.41, 5.74) is 0. The SMILES string of the molecule is C=CC[N+](C)(C)CC.[Br-]. The predicted molar refractivity (Wildman–Crippen MR) is 37.7 cm³/mol. The van der Waals surface area contributed by atoms with Crippen LogP contribution in [0, 0.1) is 0 Å². The van der Waals surface area contributed by atoms with E-state index in [2.05, 4.69) is 27.6 Å². The molecule has 0 aromatic heterocycles. The van der Waals surface area contributed by atoms with Gasteiger partial charge in [0.15, 0.2) is 0 Å². The summed E-state index contributed by atoms with van der Waals surface area (Å²) in [4.78, 5) is 0. The summed E-state index contributed by atoms with van der Waals surface area (Å²) in [6, 6.07) is 0. The van der Waals surface area contributed by atoms with Gasteiger partial charge in [-0.3, -0.25) is 0 Å². The van der Waals surface area contributed by atoms with Gasteiger partial charge in [-0.2, -0.15) is 0 Å². The molecule has 0 saturated carbocycles. The van der Waals surface area contributed by atoms with E-state index in [9.17, 15) is 0 Å². The second kappa shape index (κ2) is 5.00. The van der Waals surface area contributed by atoms with Crippen molar-refractivity contribution in [3.63, 3.8) is 0 Å². The Kier molecular flexibility index (Phi) is 6.62. The molecular weight excluding hydrogens is 178 g/mol. The lowest BCUT2D eigenvalue weighted by molar-refractivity contribution is -0.882. The first-order valence-electron chi connectivity index (χ1n) is 3.05. The van der Waals surface area contributed by atoms with Crippen molar-refractivity contribution in [2.24, 2.45) is 0 Å². The van der Waals surface area contributed by atoms with E-state index in [-0.39, 0.29) is 17.0 Å². The third-order valence-corrected chi connectivity index (χ3v) is 1.48. The standard InChI is InChI=1S/C7H16N.BrH/c1-5-7-8(3,4)6-2;/h5H,1,6-7H2,2-4H3;1H/q+1;/p-1. The highest BCUT2D eigenvalue weighted by molar-refractivity contribution is 4.63. The zero-order valence-electron chi connectivity index (χ0n) is 6.52. The average Bonchev–Trinajstić information content (AvgIpc) is 1.67. The van der Waals surface area contributed by atoms with E-state index in [1.807, 2.05) is 6.08 Å². The maximum absolute atomic E-state index is 3.68. The number of rotatable bonds is 3. The van der Waals surface area contributed by atoms with E-state index in [0.29, 0.717) is 0 Å². The van der Waals surface area contributed by atoms with Crippen molar-refractivity contribution >= 4 is 0 Å². The first-order valence-corrected chi connectivity index (χ1v) is 3.05. The van der Waals surface area contributed by atoms with Crippen LogP contribution in [0.4, 0.5) is 0 Å². The molecule has 0 atom stereocenters. The molecule has 9 heavy (non-hydrogen) atoms. The third kappa shape index (κ3) is 6.06. The van der Waals surface area contributed by atoms with Gasteiger partial charge in [0.2, 0.25) is 0 Å². The van der Waals surface area contributed by atoms with Crippen LogP contribution >= 0.6 is 0 Å².